The lowest BCUT2D eigenvalue weighted by Crippen LogP contribution is -2.77. The van der Waals surface area contributed by atoms with E-state index in [-0.39, 0.29) is 30.8 Å². The molecule has 10 unspecified atom stereocenters. The van der Waals surface area contributed by atoms with Gasteiger partial charge in [-0.3, -0.25) is 14.4 Å². The molecule has 2 saturated carbocycles. The van der Waals surface area contributed by atoms with E-state index in [9.17, 15) is 39.0 Å². The van der Waals surface area contributed by atoms with E-state index in [0.717, 1.165) is 13.2 Å². The number of methoxy groups -OCH3 is 2. The number of aliphatic hydroxyl groups excluding tert-OH is 2. The summed E-state index contributed by atoms with van der Waals surface area (Å²) in [7, 11) is 2.20. The van der Waals surface area contributed by atoms with Crippen LogP contribution in [0.25, 0.3) is 0 Å². The predicted molar refractivity (Wildman–Crippen MR) is 140 cm³/mol. The Balaban J connectivity index is 1.85. The molecule has 14 nitrogen and oxygen atoms in total. The van der Waals surface area contributed by atoms with Gasteiger partial charge in [0.25, 0.3) is 0 Å². The Morgan fingerprint density at radius 2 is 1.72 bits per heavy atom. The average molecular weight is 611 g/mol. The third-order valence-electron chi connectivity index (χ3n) is 9.78. The fourth-order valence-electron chi connectivity index (χ4n) is 7.75. The molecular weight excluding hydrogens is 572 g/mol. The second kappa shape index (κ2) is 11.3. The van der Waals surface area contributed by atoms with Crippen LogP contribution in [-0.2, 0) is 57.2 Å². The number of carbonyl (C=O) groups is 6. The highest BCUT2D eigenvalue weighted by molar-refractivity contribution is 5.90. The predicted octanol–water partition coefficient (Wildman–Crippen LogP) is -0.204. The first-order valence-corrected chi connectivity index (χ1v) is 13.9. The lowest BCUT2D eigenvalue weighted by atomic mass is 9.43. The van der Waals surface area contributed by atoms with Crippen molar-refractivity contribution in [2.24, 2.45) is 29.1 Å². The van der Waals surface area contributed by atoms with Crippen LogP contribution in [-0.4, -0.2) is 102 Å². The summed E-state index contributed by atoms with van der Waals surface area (Å²) in [4.78, 5) is 77.0. The molecule has 4 aliphatic rings. The molecule has 238 valence electrons. The van der Waals surface area contributed by atoms with E-state index in [4.69, 9.17) is 28.4 Å². The zero-order valence-electron chi connectivity index (χ0n) is 25.1. The highest BCUT2D eigenvalue weighted by Crippen LogP contribution is 2.68. The number of hydrogen-bond acceptors (Lipinski definition) is 14. The molecule has 4 fully saturated rings. The van der Waals surface area contributed by atoms with E-state index < -0.39 is 94.6 Å². The fourth-order valence-corrected chi connectivity index (χ4v) is 7.75. The van der Waals surface area contributed by atoms with E-state index in [0.29, 0.717) is 0 Å². The third-order valence-corrected chi connectivity index (χ3v) is 9.78. The maximum absolute atomic E-state index is 13.6. The topological polar surface area (TPSA) is 198 Å². The first-order chi connectivity index (χ1) is 20.0. The van der Waals surface area contributed by atoms with Crippen LogP contribution in [0.5, 0.6) is 0 Å². The van der Waals surface area contributed by atoms with Gasteiger partial charge in [0.05, 0.1) is 32.8 Å². The summed E-state index contributed by atoms with van der Waals surface area (Å²) in [5, 5.41) is 23.1. The van der Waals surface area contributed by atoms with Gasteiger partial charge in [-0.25, -0.2) is 14.4 Å². The summed E-state index contributed by atoms with van der Waals surface area (Å²) < 4.78 is 32.5. The lowest BCUT2D eigenvalue weighted by Gasteiger charge is -2.63. The van der Waals surface area contributed by atoms with Crippen LogP contribution in [0.15, 0.2) is 11.6 Å². The summed E-state index contributed by atoms with van der Waals surface area (Å²) in [6.07, 6.45) is -6.07. The van der Waals surface area contributed by atoms with E-state index >= 15 is 0 Å². The number of carbonyl (C=O) groups excluding carboxylic acids is 6. The summed E-state index contributed by atoms with van der Waals surface area (Å²) in [5.41, 5.74) is -4.78. The molecule has 2 bridgehead atoms. The van der Waals surface area contributed by atoms with Crippen molar-refractivity contribution in [2.75, 3.05) is 20.8 Å². The molecule has 4 rings (SSSR count). The summed E-state index contributed by atoms with van der Waals surface area (Å²) in [6, 6.07) is 0. The van der Waals surface area contributed by atoms with Crippen molar-refractivity contribution >= 4 is 35.6 Å². The SMILES string of the molecule is COC(=O)CC1C(C(C)=O)CC2OC(=O)C(OC(=O)C=C(C)C(C)(C)OC(C)=O)C3C4(C(=O)OC)OCC23C1C(O)C4O. The Bertz CT molecular complexity index is 1250. The molecule has 0 aromatic rings. The van der Waals surface area contributed by atoms with Crippen molar-refractivity contribution < 1.29 is 67.4 Å². The number of Topliss-reactive ketones (excluding diaryl/α,β-unsaturated/α-hetero) is 1. The molecule has 0 aromatic carbocycles. The average Bonchev–Trinajstić information content (AvgIpc) is 3.23. The van der Waals surface area contributed by atoms with Crippen LogP contribution in [0, 0.1) is 29.1 Å². The smallest absolute Gasteiger partial charge is 0.348 e. The van der Waals surface area contributed by atoms with Gasteiger partial charge < -0.3 is 38.6 Å². The Hall–Kier alpha value is -3.36. The zero-order valence-corrected chi connectivity index (χ0v) is 25.1. The van der Waals surface area contributed by atoms with Gasteiger partial charge in [0.2, 0.25) is 11.7 Å². The number of hydrogen-bond donors (Lipinski definition) is 2. The summed E-state index contributed by atoms with van der Waals surface area (Å²) >= 11 is 0. The molecule has 2 saturated heterocycles. The molecule has 14 heteroatoms. The van der Waals surface area contributed by atoms with Gasteiger partial charge in [-0.05, 0) is 45.6 Å². The monoisotopic (exact) mass is 610 g/mol. The molecule has 2 aliphatic heterocycles. The molecule has 1 spiro atoms. The maximum Gasteiger partial charge on any atom is 0.348 e. The fraction of sp³-hybridized carbons (Fsp3) is 0.724. The van der Waals surface area contributed by atoms with Gasteiger partial charge in [-0.1, -0.05) is 0 Å². The van der Waals surface area contributed by atoms with Crippen molar-refractivity contribution in [1.29, 1.82) is 0 Å². The molecule has 2 N–H and O–H groups in total. The van der Waals surface area contributed by atoms with Crippen molar-refractivity contribution in [3.63, 3.8) is 0 Å². The molecule has 0 aromatic heterocycles. The molecule has 10 atom stereocenters. The van der Waals surface area contributed by atoms with Crippen molar-refractivity contribution in [3.05, 3.63) is 11.6 Å². The van der Waals surface area contributed by atoms with Gasteiger partial charge in [-0.15, -0.1) is 0 Å². The van der Waals surface area contributed by atoms with E-state index in [1.807, 2.05) is 0 Å². The largest absolute Gasteiger partial charge is 0.469 e. The standard InChI is InChI=1S/C29H38O14/c1-12(27(4,5)43-14(3)31)8-19(33)42-22-23-28-11-40-29(23,26(37)39-7)24(35)21(34)20(28)16(10-18(32)38-6)15(13(2)30)9-17(28)41-25(22)36/h8,15-17,20-24,34-35H,9-11H2,1-7H3. The third kappa shape index (κ3) is 4.92. The van der Waals surface area contributed by atoms with Crippen LogP contribution in [0.2, 0.25) is 0 Å². The second-order valence-electron chi connectivity index (χ2n) is 12.2. The van der Waals surface area contributed by atoms with Crippen molar-refractivity contribution in [1.82, 2.24) is 0 Å². The number of aliphatic hydroxyl groups is 2. The molecule has 43 heavy (non-hydrogen) atoms. The Kier molecular flexibility index (Phi) is 8.55. The van der Waals surface area contributed by atoms with Gasteiger partial charge in [0, 0.05) is 36.7 Å². The first-order valence-electron chi connectivity index (χ1n) is 13.9. The Morgan fingerprint density at radius 3 is 2.28 bits per heavy atom. The minimum Gasteiger partial charge on any atom is -0.469 e. The van der Waals surface area contributed by atoms with Crippen LogP contribution in [0.3, 0.4) is 0 Å². The highest BCUT2D eigenvalue weighted by Gasteiger charge is 2.83. The number of ether oxygens (including phenoxy) is 6. The molecule has 2 aliphatic carbocycles. The molecular formula is C29H38O14. The van der Waals surface area contributed by atoms with Gasteiger partial charge in [0.15, 0.2) is 0 Å². The Labute approximate surface area is 247 Å². The molecule has 2 heterocycles. The van der Waals surface area contributed by atoms with Crippen LogP contribution in [0.1, 0.15) is 47.5 Å². The van der Waals surface area contributed by atoms with Crippen molar-refractivity contribution in [2.45, 2.75) is 83.1 Å². The number of ketones is 1. The minimum atomic E-state index is -2.36. The van der Waals surface area contributed by atoms with E-state index in [1.54, 1.807) is 13.8 Å². The molecule has 0 amide bonds. The molecule has 0 radical (unpaired) electrons. The van der Waals surface area contributed by atoms with Crippen molar-refractivity contribution in [3.8, 4) is 0 Å². The quantitative estimate of drug-likeness (QED) is 0.208. The highest BCUT2D eigenvalue weighted by atomic mass is 16.6. The minimum absolute atomic E-state index is 0.0740. The van der Waals surface area contributed by atoms with E-state index in [1.165, 1.54) is 27.9 Å². The number of esters is 5. The zero-order chi connectivity index (χ0) is 32.2. The van der Waals surface area contributed by atoms with Gasteiger partial charge in [0.1, 0.15) is 23.6 Å². The van der Waals surface area contributed by atoms with E-state index in [2.05, 4.69) is 0 Å². The van der Waals surface area contributed by atoms with Gasteiger partial charge >= 0.3 is 29.8 Å². The first kappa shape index (κ1) is 32.6. The second-order valence-corrected chi connectivity index (χ2v) is 12.2. The van der Waals surface area contributed by atoms with Gasteiger partial charge in [-0.2, -0.15) is 0 Å². The summed E-state index contributed by atoms with van der Waals surface area (Å²) in [5.74, 6) is -9.19. The lowest BCUT2D eigenvalue weighted by molar-refractivity contribution is -0.277. The Morgan fingerprint density at radius 1 is 1.07 bits per heavy atom. The van der Waals surface area contributed by atoms with Crippen LogP contribution >= 0.6 is 0 Å². The summed E-state index contributed by atoms with van der Waals surface area (Å²) in [6.45, 7) is 6.76. The number of rotatable bonds is 8. The van der Waals surface area contributed by atoms with Crippen LogP contribution in [0.4, 0.5) is 0 Å². The maximum atomic E-state index is 13.6. The normalized spacial score (nSPS) is 38.3. The van der Waals surface area contributed by atoms with Crippen LogP contribution < -0.4 is 0 Å².